The van der Waals surface area contributed by atoms with Crippen molar-refractivity contribution < 1.29 is 19.0 Å². The van der Waals surface area contributed by atoms with Crippen LogP contribution in [0.5, 0.6) is 17.2 Å². The van der Waals surface area contributed by atoms with Crippen molar-refractivity contribution in [2.24, 2.45) is 0 Å². The van der Waals surface area contributed by atoms with Gasteiger partial charge in [0.2, 0.25) is 6.79 Å². The number of nitrogens with zero attached hydrogens (tertiary/aromatic N) is 1. The van der Waals surface area contributed by atoms with Crippen LogP contribution in [-0.4, -0.2) is 23.8 Å². The molecule has 0 aliphatic carbocycles. The minimum atomic E-state index is -0.674. The Morgan fingerprint density at radius 3 is 2.89 bits per heavy atom. The predicted octanol–water partition coefficient (Wildman–Crippen LogP) is 3.87. The van der Waals surface area contributed by atoms with Crippen LogP contribution in [0.25, 0.3) is 0 Å². The Morgan fingerprint density at radius 2 is 2.04 bits per heavy atom. The number of hydrogen-bond donors (Lipinski definition) is 1. The molecule has 2 aromatic carbocycles. The van der Waals surface area contributed by atoms with E-state index >= 15 is 0 Å². The summed E-state index contributed by atoms with van der Waals surface area (Å²) in [6.45, 7) is 1.89. The summed E-state index contributed by atoms with van der Waals surface area (Å²) in [4.78, 5) is 17.8. The first kappa shape index (κ1) is 17.4. The molecule has 1 aromatic heterocycles. The van der Waals surface area contributed by atoms with Gasteiger partial charge in [0.05, 0.1) is 0 Å². The van der Waals surface area contributed by atoms with Crippen LogP contribution in [-0.2, 0) is 11.2 Å². The third-order valence-electron chi connectivity index (χ3n) is 4.03. The first-order valence-corrected chi connectivity index (χ1v) is 9.35. The molecule has 1 atom stereocenters. The number of thiazole rings is 1. The van der Waals surface area contributed by atoms with Gasteiger partial charge in [-0.2, -0.15) is 0 Å². The largest absolute Gasteiger partial charge is 0.481 e. The van der Waals surface area contributed by atoms with E-state index in [-0.39, 0.29) is 12.7 Å². The predicted molar refractivity (Wildman–Crippen MR) is 103 cm³/mol. The van der Waals surface area contributed by atoms with Crippen LogP contribution < -0.4 is 19.5 Å². The highest BCUT2D eigenvalue weighted by Gasteiger charge is 2.19. The van der Waals surface area contributed by atoms with E-state index in [9.17, 15) is 4.79 Å². The molecule has 138 valence electrons. The summed E-state index contributed by atoms with van der Waals surface area (Å²) < 4.78 is 16.3. The fourth-order valence-corrected chi connectivity index (χ4v) is 3.51. The van der Waals surface area contributed by atoms with Crippen molar-refractivity contribution in [1.82, 2.24) is 4.98 Å². The van der Waals surface area contributed by atoms with Gasteiger partial charge in [-0.1, -0.05) is 30.3 Å². The Morgan fingerprint density at radius 1 is 1.22 bits per heavy atom. The average molecular weight is 382 g/mol. The summed E-state index contributed by atoms with van der Waals surface area (Å²) >= 11 is 1.46. The lowest BCUT2D eigenvalue weighted by atomic mass is 10.1. The van der Waals surface area contributed by atoms with Gasteiger partial charge in [0.15, 0.2) is 22.7 Å². The summed E-state index contributed by atoms with van der Waals surface area (Å²) in [6.07, 6.45) is 1.90. The van der Waals surface area contributed by atoms with Crippen molar-refractivity contribution in [3.8, 4) is 17.2 Å². The molecule has 2 heterocycles. The zero-order chi connectivity index (χ0) is 18.6. The maximum Gasteiger partial charge on any atom is 0.266 e. The Hall–Kier alpha value is -3.06. The van der Waals surface area contributed by atoms with E-state index in [0.717, 1.165) is 11.3 Å². The number of carbonyl (C=O) groups excluding carboxylic acids is 1. The molecule has 1 amide bonds. The summed E-state index contributed by atoms with van der Waals surface area (Å²) in [7, 11) is 0. The van der Waals surface area contributed by atoms with Crippen LogP contribution in [0.3, 0.4) is 0 Å². The quantitative estimate of drug-likeness (QED) is 0.701. The minimum Gasteiger partial charge on any atom is -0.481 e. The molecule has 0 unspecified atom stereocenters. The van der Waals surface area contributed by atoms with E-state index in [4.69, 9.17) is 14.2 Å². The lowest BCUT2D eigenvalue weighted by molar-refractivity contribution is -0.122. The van der Waals surface area contributed by atoms with Crippen LogP contribution in [0, 0.1) is 0 Å². The van der Waals surface area contributed by atoms with Crippen LogP contribution in [0.15, 0.2) is 54.7 Å². The fraction of sp³-hybridized carbons (Fsp3) is 0.200. The van der Waals surface area contributed by atoms with E-state index < -0.39 is 6.10 Å². The number of aromatic nitrogens is 1. The molecule has 3 aromatic rings. The van der Waals surface area contributed by atoms with Crippen LogP contribution >= 0.6 is 11.3 Å². The molecular formula is C20H18N2O4S. The van der Waals surface area contributed by atoms with E-state index in [1.165, 1.54) is 16.9 Å². The molecule has 0 saturated heterocycles. The lowest BCUT2D eigenvalue weighted by Crippen LogP contribution is -2.30. The summed E-state index contributed by atoms with van der Waals surface area (Å²) in [5, 5.41) is 3.37. The SMILES string of the molecule is C[C@H](Oc1ccc2c(c1)OCO2)C(=O)Nc1ncc(Cc2ccccc2)s1. The van der Waals surface area contributed by atoms with E-state index in [0.29, 0.717) is 22.4 Å². The smallest absolute Gasteiger partial charge is 0.266 e. The monoisotopic (exact) mass is 382 g/mol. The van der Waals surface area contributed by atoms with Gasteiger partial charge in [0.1, 0.15) is 5.75 Å². The molecule has 4 rings (SSSR count). The first-order chi connectivity index (χ1) is 13.2. The van der Waals surface area contributed by atoms with Gasteiger partial charge in [-0.15, -0.1) is 11.3 Å². The number of nitrogens with one attached hydrogen (secondary N) is 1. The average Bonchev–Trinajstić information content (AvgIpc) is 3.31. The zero-order valence-corrected chi connectivity index (χ0v) is 15.5. The first-order valence-electron chi connectivity index (χ1n) is 8.53. The Bertz CT molecular complexity index is 942. The van der Waals surface area contributed by atoms with Crippen LogP contribution in [0.1, 0.15) is 17.4 Å². The molecular weight excluding hydrogens is 364 g/mol. The van der Waals surface area contributed by atoms with Crippen molar-refractivity contribution in [3.63, 3.8) is 0 Å². The number of fused-ring (bicyclic) bond motifs is 1. The molecule has 1 aliphatic rings. The van der Waals surface area contributed by atoms with Crippen molar-refractivity contribution in [1.29, 1.82) is 0 Å². The number of benzene rings is 2. The number of amides is 1. The Balaban J connectivity index is 1.34. The maximum absolute atomic E-state index is 12.4. The minimum absolute atomic E-state index is 0.199. The van der Waals surface area contributed by atoms with Gasteiger partial charge in [0, 0.05) is 23.6 Å². The lowest BCUT2D eigenvalue weighted by Gasteiger charge is -2.14. The van der Waals surface area contributed by atoms with Crippen molar-refractivity contribution >= 4 is 22.4 Å². The highest BCUT2D eigenvalue weighted by molar-refractivity contribution is 7.15. The number of rotatable bonds is 6. The van der Waals surface area contributed by atoms with E-state index in [1.807, 2.05) is 18.2 Å². The third kappa shape index (κ3) is 4.20. The topological polar surface area (TPSA) is 69.7 Å². The highest BCUT2D eigenvalue weighted by atomic mass is 32.1. The van der Waals surface area contributed by atoms with Crippen molar-refractivity contribution in [2.75, 3.05) is 12.1 Å². The van der Waals surface area contributed by atoms with Gasteiger partial charge in [-0.3, -0.25) is 10.1 Å². The van der Waals surface area contributed by atoms with Crippen molar-refractivity contribution in [2.45, 2.75) is 19.4 Å². The number of ether oxygens (including phenoxy) is 3. The van der Waals surface area contributed by atoms with Crippen LogP contribution in [0.2, 0.25) is 0 Å². The third-order valence-corrected chi connectivity index (χ3v) is 4.94. The highest BCUT2D eigenvalue weighted by Crippen LogP contribution is 2.35. The Kier molecular flexibility index (Phi) is 4.93. The van der Waals surface area contributed by atoms with Gasteiger partial charge >= 0.3 is 0 Å². The number of anilines is 1. The maximum atomic E-state index is 12.4. The van der Waals surface area contributed by atoms with Crippen LogP contribution in [0.4, 0.5) is 5.13 Å². The van der Waals surface area contributed by atoms with E-state index in [1.54, 1.807) is 31.3 Å². The number of carbonyl (C=O) groups is 1. The molecule has 1 aliphatic heterocycles. The zero-order valence-electron chi connectivity index (χ0n) is 14.7. The van der Waals surface area contributed by atoms with E-state index in [2.05, 4.69) is 22.4 Å². The molecule has 0 saturated carbocycles. The molecule has 27 heavy (non-hydrogen) atoms. The molecule has 1 N–H and O–H groups in total. The second kappa shape index (κ2) is 7.67. The molecule has 0 radical (unpaired) electrons. The molecule has 0 bridgehead atoms. The van der Waals surface area contributed by atoms with Crippen molar-refractivity contribution in [3.05, 3.63) is 65.2 Å². The molecule has 0 fully saturated rings. The molecule has 7 heteroatoms. The van der Waals surface area contributed by atoms with Gasteiger partial charge in [-0.25, -0.2) is 4.98 Å². The van der Waals surface area contributed by atoms with Gasteiger partial charge in [-0.05, 0) is 24.6 Å². The number of hydrogen-bond acceptors (Lipinski definition) is 6. The second-order valence-electron chi connectivity index (χ2n) is 6.06. The fourth-order valence-electron chi connectivity index (χ4n) is 2.66. The summed E-state index contributed by atoms with van der Waals surface area (Å²) in [5.74, 6) is 1.58. The second-order valence-corrected chi connectivity index (χ2v) is 7.17. The summed E-state index contributed by atoms with van der Waals surface area (Å²) in [6, 6.07) is 15.4. The summed E-state index contributed by atoms with van der Waals surface area (Å²) in [5.41, 5.74) is 1.21. The standard InChI is InChI=1S/C20H18N2O4S/c1-13(26-15-7-8-17-18(10-15)25-12-24-17)19(23)22-20-21-11-16(27-20)9-14-5-3-2-4-6-14/h2-8,10-11,13H,9,12H2,1H3,(H,21,22,23)/t13-/m0/s1. The van der Waals surface area contributed by atoms with Gasteiger partial charge < -0.3 is 14.2 Å². The van der Waals surface area contributed by atoms with Gasteiger partial charge in [0.25, 0.3) is 5.91 Å². The molecule has 0 spiro atoms. The normalized spacial score (nSPS) is 13.2. The molecule has 6 nitrogen and oxygen atoms in total. The Labute approximate surface area is 160 Å².